The summed E-state index contributed by atoms with van der Waals surface area (Å²) in [5, 5.41) is 2.70. The Morgan fingerprint density at radius 3 is 1.06 bits per heavy atom. The number of nitrogens with one attached hydrogen (secondary N) is 1. The number of carbonyl (C=O) groups excluding carboxylic acids is 2. The van der Waals surface area contributed by atoms with Gasteiger partial charge < -0.3 is 0 Å². The van der Waals surface area contributed by atoms with Gasteiger partial charge in [0, 0.05) is 0 Å². The van der Waals surface area contributed by atoms with Crippen molar-refractivity contribution in [1.29, 1.82) is 0 Å². The molecule has 34 heavy (non-hydrogen) atoms. The first-order chi connectivity index (χ1) is 16.0. The monoisotopic (exact) mass is 595 g/mol. The Labute approximate surface area is 221 Å². The summed E-state index contributed by atoms with van der Waals surface area (Å²) in [7, 11) is 9.63. The Kier molecular flexibility index (Phi) is 10.8. The summed E-state index contributed by atoms with van der Waals surface area (Å²) in [6.07, 6.45) is 0. The van der Waals surface area contributed by atoms with Gasteiger partial charge >= 0.3 is 35.0 Å². The summed E-state index contributed by atoms with van der Waals surface area (Å²) >= 11 is -0.106. The van der Waals surface area contributed by atoms with E-state index in [-0.39, 0.29) is 51.4 Å². The molecule has 1 heterocycles. The van der Waals surface area contributed by atoms with E-state index in [1.165, 1.54) is 22.3 Å². The third-order valence-electron chi connectivity index (χ3n) is 6.60. The molecule has 1 saturated heterocycles. The van der Waals surface area contributed by atoms with Gasteiger partial charge in [-0.1, -0.05) is 91.8 Å². The minimum absolute atomic E-state index is 0.106. The number of hydrogen-bond donors (Lipinski definition) is 1. The third-order valence-corrected chi connectivity index (χ3v) is 6.60. The zero-order chi connectivity index (χ0) is 25.7. The minimum atomic E-state index is -0.499. The maximum atomic E-state index is 13.3. The van der Waals surface area contributed by atoms with Crippen LogP contribution in [0.15, 0.2) is 36.4 Å². The molecule has 0 aromatic heterocycles. The van der Waals surface area contributed by atoms with E-state index in [0.717, 1.165) is 11.1 Å². The molecule has 1 fully saturated rings. The molecule has 0 bridgehead atoms. The van der Waals surface area contributed by atoms with Gasteiger partial charge in [0.1, 0.15) is 0 Å². The zero-order valence-corrected chi connectivity index (χ0v) is 24.4. The molecule has 2 aromatic carbocycles. The predicted octanol–water partition coefficient (Wildman–Crippen LogP) is 8.08. The van der Waals surface area contributed by atoms with Crippen LogP contribution in [-0.2, 0) is 25.5 Å². The molecule has 0 spiro atoms. The second-order valence-corrected chi connectivity index (χ2v) is 12.5. The van der Waals surface area contributed by atoms with Crippen LogP contribution in [0.3, 0.4) is 0 Å². The van der Waals surface area contributed by atoms with Gasteiger partial charge in [0.2, 0.25) is 11.8 Å². The summed E-state index contributed by atoms with van der Waals surface area (Å²) in [5.41, 5.74) is 6.76. The molecule has 1 aliphatic heterocycles. The van der Waals surface area contributed by atoms with Crippen LogP contribution in [0.2, 0.25) is 0 Å². The standard InChI is InChI=1S/C28H37NO2.2ClH.Pd/c1-15(2)19-11-9-12-20(16(3)4)23(19)25-26(28(31)29-27(25)30)24-21(17(5)6)13-10-14-22(24)18(7)8;;;/h9-18,25-26H,1-8H3,(H,29,30,31);2*1H;/q;;;+2/p-2. The second kappa shape index (κ2) is 12.7. The Morgan fingerprint density at radius 1 is 0.618 bits per heavy atom. The molecule has 1 N–H and O–H groups in total. The van der Waals surface area contributed by atoms with E-state index >= 15 is 0 Å². The second-order valence-electron chi connectivity index (χ2n) is 10.2. The SMILES string of the molecule is CC(C)c1cccc(C(C)C)c1C1C(=O)NC(=O)C1c1c(C(C)C)cccc1C(C)C.[Cl][Pd][Cl]. The molecular formula is C28H37Cl2NO2Pd. The first kappa shape index (κ1) is 29.1. The van der Waals surface area contributed by atoms with E-state index in [0.29, 0.717) is 0 Å². The van der Waals surface area contributed by atoms with E-state index in [2.05, 4.69) is 97.1 Å². The molecule has 3 rings (SSSR count). The summed E-state index contributed by atoms with van der Waals surface area (Å²) < 4.78 is 0. The Bertz CT molecular complexity index is 885. The summed E-state index contributed by atoms with van der Waals surface area (Å²) in [5.74, 6) is -0.269. The molecule has 2 atom stereocenters. The van der Waals surface area contributed by atoms with Gasteiger partial charge in [-0.25, -0.2) is 0 Å². The van der Waals surface area contributed by atoms with Crippen LogP contribution in [-0.4, -0.2) is 11.8 Å². The van der Waals surface area contributed by atoms with Gasteiger partial charge in [0.25, 0.3) is 0 Å². The number of imide groups is 1. The number of benzene rings is 2. The van der Waals surface area contributed by atoms with Gasteiger partial charge in [0.15, 0.2) is 0 Å². The fourth-order valence-corrected chi connectivity index (χ4v) is 5.11. The number of rotatable bonds is 6. The average Bonchev–Trinajstić information content (AvgIpc) is 3.05. The molecule has 3 nitrogen and oxygen atoms in total. The van der Waals surface area contributed by atoms with Crippen LogP contribution in [0.1, 0.15) is 124 Å². The van der Waals surface area contributed by atoms with Crippen molar-refractivity contribution in [2.75, 3.05) is 0 Å². The van der Waals surface area contributed by atoms with E-state index in [1.54, 1.807) is 0 Å². The third kappa shape index (κ3) is 6.14. The van der Waals surface area contributed by atoms with Crippen molar-refractivity contribution >= 4 is 30.9 Å². The van der Waals surface area contributed by atoms with E-state index < -0.39 is 11.8 Å². The molecule has 1 aliphatic rings. The summed E-state index contributed by atoms with van der Waals surface area (Å²) in [6.45, 7) is 17.3. The molecular weight excluding hydrogens is 560 g/mol. The molecule has 2 amide bonds. The number of carbonyl (C=O) groups is 2. The van der Waals surface area contributed by atoms with Gasteiger partial charge in [-0.2, -0.15) is 0 Å². The zero-order valence-electron chi connectivity index (χ0n) is 21.3. The molecule has 0 saturated carbocycles. The van der Waals surface area contributed by atoms with Gasteiger partial charge in [-0.05, 0) is 57.1 Å². The Balaban J connectivity index is 0.00000129. The van der Waals surface area contributed by atoms with Crippen molar-refractivity contribution in [3.8, 4) is 0 Å². The Hall–Kier alpha value is -1.18. The van der Waals surface area contributed by atoms with E-state index in [4.69, 9.17) is 19.1 Å². The maximum absolute atomic E-state index is 13.3. The molecule has 0 radical (unpaired) electrons. The number of amides is 2. The van der Waals surface area contributed by atoms with Gasteiger partial charge in [-0.15, -0.1) is 0 Å². The molecule has 2 unspecified atom stereocenters. The van der Waals surface area contributed by atoms with Gasteiger partial charge in [-0.3, -0.25) is 14.9 Å². The van der Waals surface area contributed by atoms with Crippen molar-refractivity contribution in [3.63, 3.8) is 0 Å². The normalized spacial score (nSPS) is 18.2. The number of halogens is 2. The van der Waals surface area contributed by atoms with Crippen LogP contribution in [0.5, 0.6) is 0 Å². The number of hydrogen-bond acceptors (Lipinski definition) is 2. The first-order valence-corrected chi connectivity index (χ1v) is 15.9. The van der Waals surface area contributed by atoms with Crippen molar-refractivity contribution in [2.24, 2.45) is 0 Å². The molecule has 2 aromatic rings. The van der Waals surface area contributed by atoms with Crippen molar-refractivity contribution in [3.05, 3.63) is 69.8 Å². The van der Waals surface area contributed by atoms with E-state index in [9.17, 15) is 9.59 Å². The fourth-order valence-electron chi connectivity index (χ4n) is 5.11. The summed E-state index contributed by atoms with van der Waals surface area (Å²) in [6, 6.07) is 12.7. The summed E-state index contributed by atoms with van der Waals surface area (Å²) in [4.78, 5) is 26.7. The van der Waals surface area contributed by atoms with Gasteiger partial charge in [0.05, 0.1) is 11.8 Å². The van der Waals surface area contributed by atoms with Crippen LogP contribution in [0.4, 0.5) is 0 Å². The first-order valence-electron chi connectivity index (χ1n) is 11.9. The van der Waals surface area contributed by atoms with Crippen molar-refractivity contribution in [2.45, 2.75) is 90.9 Å². The Morgan fingerprint density at radius 2 is 0.853 bits per heavy atom. The van der Waals surface area contributed by atoms with Crippen molar-refractivity contribution in [1.82, 2.24) is 5.32 Å². The van der Waals surface area contributed by atoms with Crippen LogP contribution in [0.25, 0.3) is 0 Å². The average molecular weight is 597 g/mol. The molecule has 0 aliphatic carbocycles. The van der Waals surface area contributed by atoms with Crippen LogP contribution < -0.4 is 5.32 Å². The van der Waals surface area contributed by atoms with Crippen LogP contribution >= 0.6 is 19.1 Å². The fraction of sp³-hybridized carbons (Fsp3) is 0.500. The molecule has 6 heteroatoms. The molecule has 190 valence electrons. The topological polar surface area (TPSA) is 46.2 Å². The van der Waals surface area contributed by atoms with Crippen LogP contribution in [0, 0.1) is 0 Å². The van der Waals surface area contributed by atoms with Crippen molar-refractivity contribution < 1.29 is 25.5 Å². The predicted molar refractivity (Wildman–Crippen MR) is 140 cm³/mol. The van der Waals surface area contributed by atoms with E-state index in [1.807, 2.05) is 0 Å². The quantitative estimate of drug-likeness (QED) is 0.271.